The van der Waals surface area contributed by atoms with Crippen LogP contribution >= 0.6 is 23.2 Å². The zero-order chi connectivity index (χ0) is 23.8. The predicted molar refractivity (Wildman–Crippen MR) is 130 cm³/mol. The minimum Gasteiger partial charge on any atom is -0.493 e. The Morgan fingerprint density at radius 1 is 1.24 bits per heavy atom. The summed E-state index contributed by atoms with van der Waals surface area (Å²) < 4.78 is 20.2. The van der Waals surface area contributed by atoms with E-state index in [0.717, 1.165) is 25.7 Å². The molecule has 1 aliphatic rings. The van der Waals surface area contributed by atoms with Gasteiger partial charge in [-0.2, -0.15) is 0 Å². The van der Waals surface area contributed by atoms with Gasteiger partial charge in [0.15, 0.2) is 5.82 Å². The van der Waals surface area contributed by atoms with Crippen molar-refractivity contribution >= 4 is 51.8 Å². The van der Waals surface area contributed by atoms with Crippen molar-refractivity contribution in [1.29, 1.82) is 0 Å². The molecule has 176 valence electrons. The number of hydrogen-bond acceptors (Lipinski definition) is 4. The highest BCUT2D eigenvalue weighted by atomic mass is 35.5. The topological polar surface area (TPSA) is 79.0 Å². The molecule has 0 atom stereocenters. The number of aromatic amines is 1. The van der Waals surface area contributed by atoms with Crippen molar-refractivity contribution in [3.63, 3.8) is 0 Å². The minimum absolute atomic E-state index is 0.0199. The number of ether oxygens (including phenoxy) is 1. The zero-order valence-corrected chi connectivity index (χ0v) is 20.3. The number of fused-ring (bicyclic) bond motifs is 1. The third-order valence-electron chi connectivity index (χ3n) is 6.09. The normalized spacial score (nSPS) is 16.1. The van der Waals surface area contributed by atoms with Gasteiger partial charge in [0.1, 0.15) is 5.75 Å². The summed E-state index contributed by atoms with van der Waals surface area (Å²) in [5, 5.41) is 6.11. The van der Waals surface area contributed by atoms with Gasteiger partial charge in [0, 0.05) is 12.1 Å². The van der Waals surface area contributed by atoms with Crippen LogP contribution < -0.4 is 15.4 Å². The van der Waals surface area contributed by atoms with Crippen LogP contribution in [-0.2, 0) is 0 Å². The number of anilines is 2. The molecule has 1 heterocycles. The monoisotopic (exact) mass is 492 g/mol. The first kappa shape index (κ1) is 23.6. The van der Waals surface area contributed by atoms with E-state index in [1.54, 1.807) is 12.1 Å². The molecule has 4 rings (SSSR count). The highest BCUT2D eigenvalue weighted by Gasteiger charge is 2.28. The van der Waals surface area contributed by atoms with Gasteiger partial charge in [-0.25, -0.2) is 9.37 Å². The van der Waals surface area contributed by atoms with Crippen molar-refractivity contribution in [2.75, 3.05) is 11.9 Å². The molecule has 0 unspecified atom stereocenters. The van der Waals surface area contributed by atoms with E-state index < -0.39 is 5.82 Å². The summed E-state index contributed by atoms with van der Waals surface area (Å²) in [6.45, 7) is 6.79. The van der Waals surface area contributed by atoms with Gasteiger partial charge in [-0.1, -0.05) is 37.0 Å². The number of aromatic nitrogens is 2. The lowest BCUT2D eigenvalue weighted by Crippen LogP contribution is -2.39. The van der Waals surface area contributed by atoms with Crippen LogP contribution in [-0.4, -0.2) is 28.5 Å². The molecule has 3 aromatic rings. The molecule has 33 heavy (non-hydrogen) atoms. The molecule has 6 nitrogen and oxygen atoms in total. The van der Waals surface area contributed by atoms with Crippen molar-refractivity contribution < 1.29 is 13.9 Å². The van der Waals surface area contributed by atoms with Gasteiger partial charge in [-0.3, -0.25) is 4.79 Å². The Morgan fingerprint density at radius 2 is 1.94 bits per heavy atom. The lowest BCUT2D eigenvalue weighted by molar-refractivity contribution is 0.0905. The van der Waals surface area contributed by atoms with E-state index in [2.05, 4.69) is 34.4 Å². The number of imidazole rings is 1. The average molecular weight is 493 g/mol. The van der Waals surface area contributed by atoms with Crippen LogP contribution in [0.15, 0.2) is 24.3 Å². The van der Waals surface area contributed by atoms with E-state index in [9.17, 15) is 9.18 Å². The SMILES string of the molecule is CCOc1cc2[nH]c(Nc3c(Cl)ccc(Cl)c3F)nc2cc1C(=O)NC1CCC(C)(C)CC1. The fourth-order valence-corrected chi connectivity index (χ4v) is 4.47. The van der Waals surface area contributed by atoms with Gasteiger partial charge in [0.2, 0.25) is 5.95 Å². The van der Waals surface area contributed by atoms with Crippen molar-refractivity contribution in [2.45, 2.75) is 52.5 Å². The molecule has 1 fully saturated rings. The molecule has 1 aliphatic carbocycles. The summed E-state index contributed by atoms with van der Waals surface area (Å²) in [6, 6.07) is 6.43. The summed E-state index contributed by atoms with van der Waals surface area (Å²) in [4.78, 5) is 20.6. The molecule has 0 aliphatic heterocycles. The third kappa shape index (κ3) is 5.20. The number of carbonyl (C=O) groups excluding carboxylic acids is 1. The van der Waals surface area contributed by atoms with E-state index in [1.165, 1.54) is 12.1 Å². The molecule has 9 heteroatoms. The van der Waals surface area contributed by atoms with E-state index in [1.807, 2.05) is 6.92 Å². The summed E-state index contributed by atoms with van der Waals surface area (Å²) in [5.41, 5.74) is 1.93. The van der Waals surface area contributed by atoms with Crippen molar-refractivity contribution in [3.05, 3.63) is 45.7 Å². The average Bonchev–Trinajstić information content (AvgIpc) is 3.16. The van der Waals surface area contributed by atoms with Crippen molar-refractivity contribution in [3.8, 4) is 5.75 Å². The third-order valence-corrected chi connectivity index (χ3v) is 6.70. The Kier molecular flexibility index (Phi) is 6.73. The quantitative estimate of drug-likeness (QED) is 0.328. The fraction of sp³-hybridized carbons (Fsp3) is 0.417. The maximum atomic E-state index is 14.4. The number of hydrogen-bond donors (Lipinski definition) is 3. The van der Waals surface area contributed by atoms with Gasteiger partial charge in [-0.15, -0.1) is 0 Å². The highest BCUT2D eigenvalue weighted by molar-refractivity contribution is 6.35. The molecule has 1 aromatic heterocycles. The van der Waals surface area contributed by atoms with Crippen LogP contribution in [0.25, 0.3) is 11.0 Å². The number of nitrogens with one attached hydrogen (secondary N) is 3. The van der Waals surface area contributed by atoms with Crippen LogP contribution in [0.4, 0.5) is 16.0 Å². The Bertz CT molecular complexity index is 1180. The molecule has 0 spiro atoms. The lowest BCUT2D eigenvalue weighted by atomic mass is 9.75. The number of nitrogens with zero attached hydrogens (tertiary/aromatic N) is 1. The number of halogens is 3. The predicted octanol–water partition coefficient (Wildman–Crippen LogP) is 6.85. The second-order valence-corrected chi connectivity index (χ2v) is 9.95. The molecule has 0 saturated heterocycles. The Labute approximate surface area is 202 Å². The molecular weight excluding hydrogens is 466 g/mol. The zero-order valence-electron chi connectivity index (χ0n) is 18.8. The molecule has 0 bridgehead atoms. The van der Waals surface area contributed by atoms with E-state index >= 15 is 0 Å². The van der Waals surface area contributed by atoms with Crippen LogP contribution in [0.5, 0.6) is 5.75 Å². The summed E-state index contributed by atoms with van der Waals surface area (Å²) in [7, 11) is 0. The van der Waals surface area contributed by atoms with E-state index in [0.29, 0.717) is 34.4 Å². The first-order chi connectivity index (χ1) is 15.7. The lowest BCUT2D eigenvalue weighted by Gasteiger charge is -2.34. The summed E-state index contributed by atoms with van der Waals surface area (Å²) in [6.07, 6.45) is 4.05. The first-order valence-corrected chi connectivity index (χ1v) is 11.8. The smallest absolute Gasteiger partial charge is 0.255 e. The van der Waals surface area contributed by atoms with Crippen LogP contribution in [0.1, 0.15) is 56.8 Å². The van der Waals surface area contributed by atoms with Crippen LogP contribution in [0.3, 0.4) is 0 Å². The van der Waals surface area contributed by atoms with Gasteiger partial charge >= 0.3 is 0 Å². The molecule has 2 aromatic carbocycles. The standard InChI is InChI=1S/C24H27Cl2FN4O2/c1-4-33-19-12-18-17(11-14(19)22(32)28-13-7-9-24(2,3)10-8-13)29-23(30-18)31-21-16(26)6-5-15(25)20(21)27/h5-6,11-13H,4,7-10H2,1-3H3,(H,28,32)(H2,29,30,31). The first-order valence-electron chi connectivity index (χ1n) is 11.0. The van der Waals surface area contributed by atoms with E-state index in [-0.39, 0.29) is 33.6 Å². The van der Waals surface area contributed by atoms with Crippen LogP contribution in [0, 0.1) is 11.2 Å². The summed E-state index contributed by atoms with van der Waals surface area (Å²) in [5.74, 6) is -0.134. The number of benzene rings is 2. The van der Waals surface area contributed by atoms with E-state index in [4.69, 9.17) is 27.9 Å². The molecular formula is C24H27Cl2FN4O2. The van der Waals surface area contributed by atoms with Gasteiger partial charge in [0.05, 0.1) is 38.9 Å². The summed E-state index contributed by atoms with van der Waals surface area (Å²) >= 11 is 12.0. The molecule has 3 N–H and O–H groups in total. The van der Waals surface area contributed by atoms with Gasteiger partial charge < -0.3 is 20.4 Å². The largest absolute Gasteiger partial charge is 0.493 e. The Balaban J connectivity index is 1.61. The van der Waals surface area contributed by atoms with Crippen LogP contribution in [0.2, 0.25) is 10.0 Å². The second kappa shape index (κ2) is 9.39. The van der Waals surface area contributed by atoms with Crippen molar-refractivity contribution in [2.24, 2.45) is 5.41 Å². The maximum absolute atomic E-state index is 14.4. The van der Waals surface area contributed by atoms with Gasteiger partial charge in [-0.05, 0) is 56.2 Å². The number of carbonyl (C=O) groups is 1. The van der Waals surface area contributed by atoms with Gasteiger partial charge in [0.25, 0.3) is 5.91 Å². The fourth-order valence-electron chi connectivity index (χ4n) is 4.12. The molecule has 0 radical (unpaired) electrons. The number of rotatable bonds is 6. The maximum Gasteiger partial charge on any atom is 0.255 e. The Hall–Kier alpha value is -2.51. The second-order valence-electron chi connectivity index (χ2n) is 9.14. The number of H-pyrrole nitrogens is 1. The highest BCUT2D eigenvalue weighted by Crippen LogP contribution is 2.36. The minimum atomic E-state index is -0.671. The Morgan fingerprint density at radius 3 is 2.64 bits per heavy atom. The molecule has 1 amide bonds. The number of amides is 1. The van der Waals surface area contributed by atoms with Crippen molar-refractivity contribution in [1.82, 2.24) is 15.3 Å². The molecule has 1 saturated carbocycles.